The van der Waals surface area contributed by atoms with Crippen molar-refractivity contribution >= 4 is 5.91 Å². The molecule has 1 amide bonds. The third-order valence-corrected chi connectivity index (χ3v) is 3.88. The van der Waals surface area contributed by atoms with Gasteiger partial charge < -0.3 is 14.6 Å². The van der Waals surface area contributed by atoms with Gasteiger partial charge in [0.15, 0.2) is 17.4 Å². The Kier molecular flexibility index (Phi) is 5.48. The minimum absolute atomic E-state index is 0.0103. The zero-order chi connectivity index (χ0) is 21.2. The number of carbonyl (C=O) groups is 1. The third kappa shape index (κ3) is 4.68. The van der Waals surface area contributed by atoms with E-state index >= 15 is 0 Å². The lowest BCUT2D eigenvalue weighted by molar-refractivity contribution is -0.275. The number of alkyl halides is 3. The van der Waals surface area contributed by atoms with Gasteiger partial charge in [0.05, 0.1) is 6.04 Å². The predicted octanol–water partition coefficient (Wildman–Crippen LogP) is 3.51. The van der Waals surface area contributed by atoms with Crippen LogP contribution in [0.15, 0.2) is 48.9 Å². The van der Waals surface area contributed by atoms with Crippen LogP contribution in [0, 0.1) is 11.6 Å². The fourth-order valence-electron chi connectivity index (χ4n) is 2.60. The van der Waals surface area contributed by atoms with E-state index in [0.29, 0.717) is 6.07 Å². The number of aryl methyl sites for hydroxylation is 1. The van der Waals surface area contributed by atoms with E-state index in [0.717, 1.165) is 18.2 Å². The first-order valence-corrected chi connectivity index (χ1v) is 8.09. The average molecular weight is 412 g/mol. The Morgan fingerprint density at radius 3 is 2.48 bits per heavy atom. The van der Waals surface area contributed by atoms with Gasteiger partial charge in [0.1, 0.15) is 11.5 Å². The lowest BCUT2D eigenvalue weighted by Gasteiger charge is -2.20. The zero-order valence-electron chi connectivity index (χ0n) is 14.7. The van der Waals surface area contributed by atoms with Crippen LogP contribution >= 0.6 is 0 Å². The normalized spacial score (nSPS) is 12.5. The van der Waals surface area contributed by atoms with E-state index in [-0.39, 0.29) is 17.1 Å². The van der Waals surface area contributed by atoms with Crippen LogP contribution in [0.3, 0.4) is 0 Å². The highest BCUT2D eigenvalue weighted by atomic mass is 19.4. The van der Waals surface area contributed by atoms with Gasteiger partial charge in [-0.05, 0) is 29.8 Å². The topological polar surface area (TPSA) is 69.0 Å². The Morgan fingerprint density at radius 1 is 1.14 bits per heavy atom. The first-order chi connectivity index (χ1) is 13.7. The molecule has 0 bridgehead atoms. The van der Waals surface area contributed by atoms with E-state index in [1.165, 1.54) is 29.2 Å². The highest BCUT2D eigenvalue weighted by molar-refractivity contribution is 5.91. The maximum atomic E-state index is 14.3. The molecule has 0 aliphatic rings. The van der Waals surface area contributed by atoms with Crippen LogP contribution in [0.2, 0.25) is 0 Å². The molecule has 1 N–H and O–H groups in total. The second kappa shape index (κ2) is 7.86. The molecule has 11 heteroatoms. The van der Waals surface area contributed by atoms with Gasteiger partial charge in [-0.2, -0.15) is 0 Å². The van der Waals surface area contributed by atoms with E-state index in [9.17, 15) is 26.7 Å². The Labute approximate surface area is 161 Å². The fraction of sp³-hybridized carbons (Fsp3) is 0.167. The Hall–Kier alpha value is -3.50. The van der Waals surface area contributed by atoms with Crippen molar-refractivity contribution in [3.63, 3.8) is 0 Å². The fourth-order valence-corrected chi connectivity index (χ4v) is 2.60. The monoisotopic (exact) mass is 412 g/mol. The maximum Gasteiger partial charge on any atom is 0.573 e. The standard InChI is InChI=1S/C18H13F5N4O2/c1-27-8-7-25-16(27)17(28)26-14(15-11(19)3-2-6-24-15)10-4-5-13(12(20)9-10)29-18(21,22)23/h2-9,14H,1H3,(H,26,28). The van der Waals surface area contributed by atoms with Crippen LogP contribution in [-0.4, -0.2) is 26.8 Å². The van der Waals surface area contributed by atoms with E-state index in [1.54, 1.807) is 7.05 Å². The number of halogens is 5. The number of hydrogen-bond donors (Lipinski definition) is 1. The molecule has 1 atom stereocenters. The molecule has 1 unspecified atom stereocenters. The smallest absolute Gasteiger partial charge is 0.403 e. The van der Waals surface area contributed by atoms with Crippen molar-refractivity contribution in [3.8, 4) is 5.75 Å². The molecule has 2 aromatic heterocycles. The molecule has 0 fully saturated rings. The van der Waals surface area contributed by atoms with Crippen molar-refractivity contribution in [3.05, 3.63) is 77.6 Å². The van der Waals surface area contributed by atoms with Gasteiger partial charge in [0, 0.05) is 25.6 Å². The minimum atomic E-state index is -5.08. The molecule has 3 aromatic rings. The number of imidazole rings is 1. The first-order valence-electron chi connectivity index (χ1n) is 8.09. The molecular formula is C18H13F5N4O2. The summed E-state index contributed by atoms with van der Waals surface area (Å²) in [4.78, 5) is 20.3. The molecule has 152 valence electrons. The molecular weight excluding hydrogens is 399 g/mol. The van der Waals surface area contributed by atoms with Crippen molar-refractivity contribution < 1.29 is 31.5 Å². The van der Waals surface area contributed by atoms with Gasteiger partial charge in [-0.1, -0.05) is 6.07 Å². The molecule has 0 radical (unpaired) electrons. The molecule has 2 heterocycles. The van der Waals surface area contributed by atoms with E-state index in [4.69, 9.17) is 0 Å². The number of carbonyl (C=O) groups excluding carboxylic acids is 1. The number of benzene rings is 1. The largest absolute Gasteiger partial charge is 0.573 e. The molecule has 3 rings (SSSR count). The summed E-state index contributed by atoms with van der Waals surface area (Å²) in [6.45, 7) is 0. The van der Waals surface area contributed by atoms with Crippen molar-refractivity contribution in [2.75, 3.05) is 0 Å². The van der Waals surface area contributed by atoms with E-state index in [2.05, 4.69) is 20.0 Å². The van der Waals surface area contributed by atoms with Gasteiger partial charge >= 0.3 is 6.36 Å². The van der Waals surface area contributed by atoms with Crippen LogP contribution < -0.4 is 10.1 Å². The highest BCUT2D eigenvalue weighted by Gasteiger charge is 2.33. The SMILES string of the molecule is Cn1ccnc1C(=O)NC(c1ccc(OC(F)(F)F)c(F)c1)c1ncccc1F. The lowest BCUT2D eigenvalue weighted by Crippen LogP contribution is -2.32. The van der Waals surface area contributed by atoms with Crippen molar-refractivity contribution in [2.24, 2.45) is 7.05 Å². The number of aromatic nitrogens is 3. The van der Waals surface area contributed by atoms with Gasteiger partial charge in [-0.3, -0.25) is 9.78 Å². The number of nitrogens with zero attached hydrogens (tertiary/aromatic N) is 3. The summed E-state index contributed by atoms with van der Waals surface area (Å²) in [5, 5.41) is 2.47. The summed E-state index contributed by atoms with van der Waals surface area (Å²) in [5.41, 5.74) is -0.295. The second-order valence-corrected chi connectivity index (χ2v) is 5.88. The number of rotatable bonds is 5. The minimum Gasteiger partial charge on any atom is -0.403 e. The van der Waals surface area contributed by atoms with Crippen LogP contribution in [0.4, 0.5) is 22.0 Å². The molecule has 0 aliphatic heterocycles. The third-order valence-electron chi connectivity index (χ3n) is 3.88. The van der Waals surface area contributed by atoms with Crippen LogP contribution in [0.25, 0.3) is 0 Å². The summed E-state index contributed by atoms with van der Waals surface area (Å²) < 4.78 is 70.5. The molecule has 29 heavy (non-hydrogen) atoms. The Bertz CT molecular complexity index is 1040. The number of pyridine rings is 1. The summed E-state index contributed by atoms with van der Waals surface area (Å²) in [5.74, 6) is -3.93. The van der Waals surface area contributed by atoms with Crippen molar-refractivity contribution in [1.82, 2.24) is 19.9 Å². The average Bonchev–Trinajstić information content (AvgIpc) is 3.07. The number of amides is 1. The molecule has 1 aromatic carbocycles. The van der Waals surface area contributed by atoms with E-state index in [1.807, 2.05) is 0 Å². The lowest BCUT2D eigenvalue weighted by atomic mass is 10.0. The highest BCUT2D eigenvalue weighted by Crippen LogP contribution is 2.30. The van der Waals surface area contributed by atoms with Crippen molar-refractivity contribution in [2.45, 2.75) is 12.4 Å². The number of ether oxygens (including phenoxy) is 1. The zero-order valence-corrected chi connectivity index (χ0v) is 14.7. The quantitative estimate of drug-likeness (QED) is 0.652. The second-order valence-electron chi connectivity index (χ2n) is 5.88. The van der Waals surface area contributed by atoms with Crippen LogP contribution in [0.1, 0.15) is 27.9 Å². The van der Waals surface area contributed by atoms with E-state index < -0.39 is 35.7 Å². The summed E-state index contributed by atoms with van der Waals surface area (Å²) >= 11 is 0. The molecule has 0 saturated carbocycles. The first kappa shape index (κ1) is 20.2. The van der Waals surface area contributed by atoms with Gasteiger partial charge in [0.25, 0.3) is 5.91 Å². The number of hydrogen-bond acceptors (Lipinski definition) is 4. The Balaban J connectivity index is 2.00. The van der Waals surface area contributed by atoms with Gasteiger partial charge in [-0.25, -0.2) is 13.8 Å². The predicted molar refractivity (Wildman–Crippen MR) is 89.8 cm³/mol. The van der Waals surface area contributed by atoms with Gasteiger partial charge in [-0.15, -0.1) is 13.2 Å². The maximum absolute atomic E-state index is 14.3. The summed E-state index contributed by atoms with van der Waals surface area (Å²) in [6.07, 6.45) is -0.945. The Morgan fingerprint density at radius 2 is 1.90 bits per heavy atom. The van der Waals surface area contributed by atoms with Crippen LogP contribution in [0.5, 0.6) is 5.75 Å². The molecule has 6 nitrogen and oxygen atoms in total. The molecule has 0 spiro atoms. The molecule has 0 aliphatic carbocycles. The molecule has 0 saturated heterocycles. The number of nitrogens with one attached hydrogen (secondary N) is 1. The van der Waals surface area contributed by atoms with Crippen LogP contribution in [-0.2, 0) is 7.05 Å². The van der Waals surface area contributed by atoms with Gasteiger partial charge in [0.2, 0.25) is 0 Å². The van der Waals surface area contributed by atoms with Crippen molar-refractivity contribution in [1.29, 1.82) is 0 Å². The summed E-state index contributed by atoms with van der Waals surface area (Å²) in [7, 11) is 1.56. The summed E-state index contributed by atoms with van der Waals surface area (Å²) in [6, 6.07) is 3.62.